The summed E-state index contributed by atoms with van der Waals surface area (Å²) in [6.07, 6.45) is 16.4. The van der Waals surface area contributed by atoms with Crippen LogP contribution in [0.15, 0.2) is 48.1 Å². The summed E-state index contributed by atoms with van der Waals surface area (Å²) in [5.74, 6) is 3.45. The molecule has 0 aromatic rings. The Bertz CT molecular complexity index is 506. The van der Waals surface area contributed by atoms with Crippen LogP contribution in [0.25, 0.3) is 0 Å². The second kappa shape index (κ2) is 5.81. The van der Waals surface area contributed by atoms with E-state index in [2.05, 4.69) is 70.2 Å². The van der Waals surface area contributed by atoms with Gasteiger partial charge < -0.3 is 4.18 Å². The highest BCUT2D eigenvalue weighted by Crippen LogP contribution is 2.51. The lowest BCUT2D eigenvalue weighted by Crippen LogP contribution is -2.17. The molecule has 0 heterocycles. The molecule has 1 fully saturated rings. The Morgan fingerprint density at radius 2 is 1.67 bits per heavy atom. The molecule has 0 spiro atoms. The van der Waals surface area contributed by atoms with Gasteiger partial charge in [-0.1, -0.05) is 49.5 Å². The van der Waals surface area contributed by atoms with Gasteiger partial charge in [-0.25, -0.2) is 0 Å². The molecule has 0 aliphatic heterocycles. The average molecular weight is 302 g/mol. The van der Waals surface area contributed by atoms with Crippen LogP contribution in [0, 0.1) is 29.6 Å². The van der Waals surface area contributed by atoms with E-state index in [9.17, 15) is 0 Å². The van der Waals surface area contributed by atoms with Crippen LogP contribution in [0.2, 0.25) is 0 Å². The third-order valence-electron chi connectivity index (χ3n) is 4.80. The van der Waals surface area contributed by atoms with Gasteiger partial charge in [0.15, 0.2) is 0 Å². The fraction of sp³-hybridized carbons (Fsp3) is 0.579. The highest BCUT2D eigenvalue weighted by Gasteiger charge is 2.45. The molecule has 0 amide bonds. The van der Waals surface area contributed by atoms with Crippen LogP contribution < -0.4 is 0 Å². The zero-order valence-corrected chi connectivity index (χ0v) is 14.3. The monoisotopic (exact) mass is 302 g/mol. The minimum atomic E-state index is 0.159. The van der Waals surface area contributed by atoms with Crippen LogP contribution in [0.5, 0.6) is 0 Å². The first-order valence-corrected chi connectivity index (χ1v) is 8.74. The Balaban J connectivity index is 1.66. The largest absolute Gasteiger partial charge is 0.310 e. The molecule has 0 radical (unpaired) electrons. The van der Waals surface area contributed by atoms with Crippen molar-refractivity contribution in [2.75, 3.05) is 6.61 Å². The zero-order valence-electron chi connectivity index (χ0n) is 13.5. The topological polar surface area (TPSA) is 9.23 Å². The van der Waals surface area contributed by atoms with Crippen molar-refractivity contribution in [1.82, 2.24) is 0 Å². The fourth-order valence-electron chi connectivity index (χ4n) is 3.84. The Labute approximate surface area is 133 Å². The summed E-state index contributed by atoms with van der Waals surface area (Å²) in [6.45, 7) is 9.67. The maximum absolute atomic E-state index is 5.81. The van der Waals surface area contributed by atoms with Gasteiger partial charge in [0.25, 0.3) is 0 Å². The third kappa shape index (κ3) is 3.22. The number of fused-ring (bicyclic) bond motifs is 3. The molecule has 0 bridgehead atoms. The second-order valence-electron chi connectivity index (χ2n) is 7.50. The van der Waals surface area contributed by atoms with E-state index in [-0.39, 0.29) is 4.75 Å². The number of hydrogen-bond donors (Lipinski definition) is 0. The normalized spacial score (nSPS) is 37.3. The Morgan fingerprint density at radius 1 is 1.00 bits per heavy atom. The smallest absolute Gasteiger partial charge is 0.0861 e. The molecule has 5 unspecified atom stereocenters. The van der Waals surface area contributed by atoms with Crippen molar-refractivity contribution in [3.8, 4) is 0 Å². The van der Waals surface area contributed by atoms with Crippen LogP contribution in [-0.4, -0.2) is 11.4 Å². The minimum absolute atomic E-state index is 0.159. The summed E-state index contributed by atoms with van der Waals surface area (Å²) in [7, 11) is 0. The Hall–Kier alpha value is -0.730. The zero-order chi connectivity index (χ0) is 15.0. The van der Waals surface area contributed by atoms with Crippen molar-refractivity contribution in [3.05, 3.63) is 48.1 Å². The van der Waals surface area contributed by atoms with Crippen LogP contribution in [0.4, 0.5) is 0 Å². The minimum Gasteiger partial charge on any atom is -0.310 e. The Kier molecular flexibility index (Phi) is 4.20. The standard InChI is InChI=1S/C19H26OS/c1-13-15-7-5-6-8-16(15)17-10-9-14(11-18(13)17)12-20-21-19(2,3)4/h5-11,13,15-18H,12H2,1-4H3. The molecule has 1 nitrogen and oxygen atoms in total. The van der Waals surface area contributed by atoms with Gasteiger partial charge >= 0.3 is 0 Å². The fourth-order valence-corrected chi connectivity index (χ4v) is 4.39. The Morgan fingerprint density at radius 3 is 2.38 bits per heavy atom. The molecular formula is C19H26OS. The SMILES string of the molecule is CC1C2C=CC=CC2C2C=CC(COSC(C)(C)C)=CC12. The van der Waals surface area contributed by atoms with Crippen LogP contribution in [-0.2, 0) is 4.18 Å². The lowest BCUT2D eigenvalue weighted by molar-refractivity contribution is 0.389. The molecule has 3 rings (SSSR count). The van der Waals surface area contributed by atoms with E-state index in [4.69, 9.17) is 4.18 Å². The first-order valence-electron chi connectivity index (χ1n) is 8.00. The van der Waals surface area contributed by atoms with Crippen molar-refractivity contribution in [2.45, 2.75) is 32.4 Å². The van der Waals surface area contributed by atoms with E-state index < -0.39 is 0 Å². The molecule has 0 aromatic heterocycles. The van der Waals surface area contributed by atoms with Crippen LogP contribution in [0.3, 0.4) is 0 Å². The first-order chi connectivity index (χ1) is 9.96. The van der Waals surface area contributed by atoms with Gasteiger partial charge in [-0.05, 0) is 68.0 Å². The summed E-state index contributed by atoms with van der Waals surface area (Å²) in [6, 6.07) is 0. The molecule has 3 aliphatic rings. The summed E-state index contributed by atoms with van der Waals surface area (Å²) in [5, 5.41) is 0. The van der Waals surface area contributed by atoms with Crippen molar-refractivity contribution in [1.29, 1.82) is 0 Å². The first kappa shape index (κ1) is 15.2. The lowest BCUT2D eigenvalue weighted by Gasteiger charge is -2.24. The highest BCUT2D eigenvalue weighted by atomic mass is 32.2. The molecule has 1 saturated carbocycles. The number of allylic oxidation sites excluding steroid dienone is 6. The average Bonchev–Trinajstić information content (AvgIpc) is 2.72. The van der Waals surface area contributed by atoms with Crippen LogP contribution in [0.1, 0.15) is 27.7 Å². The van der Waals surface area contributed by atoms with E-state index >= 15 is 0 Å². The summed E-state index contributed by atoms with van der Waals surface area (Å²) >= 11 is 1.58. The van der Waals surface area contributed by atoms with Gasteiger partial charge in [0.2, 0.25) is 0 Å². The summed E-state index contributed by atoms with van der Waals surface area (Å²) in [5.41, 5.74) is 1.34. The number of hydrogen-bond acceptors (Lipinski definition) is 2. The van der Waals surface area contributed by atoms with Crippen molar-refractivity contribution in [2.24, 2.45) is 29.6 Å². The van der Waals surface area contributed by atoms with Gasteiger partial charge in [-0.3, -0.25) is 0 Å². The molecule has 21 heavy (non-hydrogen) atoms. The van der Waals surface area contributed by atoms with E-state index in [0.29, 0.717) is 23.7 Å². The molecule has 5 atom stereocenters. The quantitative estimate of drug-likeness (QED) is 0.664. The molecular weight excluding hydrogens is 276 g/mol. The molecule has 0 saturated heterocycles. The van der Waals surface area contributed by atoms with Crippen LogP contribution >= 0.6 is 12.0 Å². The lowest BCUT2D eigenvalue weighted by atomic mass is 9.81. The second-order valence-corrected chi connectivity index (χ2v) is 9.12. The van der Waals surface area contributed by atoms with Gasteiger partial charge in [-0.2, -0.15) is 0 Å². The maximum atomic E-state index is 5.81. The highest BCUT2D eigenvalue weighted by molar-refractivity contribution is 7.96. The number of rotatable bonds is 3. The van der Waals surface area contributed by atoms with Crippen molar-refractivity contribution in [3.63, 3.8) is 0 Å². The van der Waals surface area contributed by atoms with Gasteiger partial charge in [0, 0.05) is 4.75 Å². The van der Waals surface area contributed by atoms with Crippen molar-refractivity contribution < 1.29 is 4.18 Å². The van der Waals surface area contributed by atoms with E-state index in [1.54, 1.807) is 12.0 Å². The third-order valence-corrected chi connectivity index (χ3v) is 5.53. The maximum Gasteiger partial charge on any atom is 0.0861 e. The molecule has 114 valence electrons. The van der Waals surface area contributed by atoms with E-state index in [1.807, 2.05) is 0 Å². The summed E-state index contributed by atoms with van der Waals surface area (Å²) in [4.78, 5) is 0. The predicted molar refractivity (Wildman–Crippen MR) is 91.9 cm³/mol. The molecule has 3 aliphatic carbocycles. The van der Waals surface area contributed by atoms with E-state index in [1.165, 1.54) is 5.57 Å². The van der Waals surface area contributed by atoms with Gasteiger partial charge in [0.05, 0.1) is 6.61 Å². The molecule has 0 N–H and O–H groups in total. The summed E-state index contributed by atoms with van der Waals surface area (Å²) < 4.78 is 5.97. The van der Waals surface area contributed by atoms with Crippen molar-refractivity contribution >= 4 is 12.0 Å². The molecule has 0 aromatic carbocycles. The van der Waals surface area contributed by atoms with Gasteiger partial charge in [-0.15, -0.1) is 0 Å². The van der Waals surface area contributed by atoms with Gasteiger partial charge in [0.1, 0.15) is 0 Å². The molecule has 2 heteroatoms. The predicted octanol–water partition coefficient (Wildman–Crippen LogP) is 5.19. The van der Waals surface area contributed by atoms with E-state index in [0.717, 1.165) is 12.5 Å².